The number of nitrogens with zero attached hydrogens (tertiary/aromatic N) is 1. The molecule has 0 spiro atoms. The molecule has 0 aliphatic carbocycles. The lowest BCUT2D eigenvalue weighted by Crippen LogP contribution is -2.30. The molecule has 0 unspecified atom stereocenters. The van der Waals surface area contributed by atoms with Crippen molar-refractivity contribution >= 4 is 23.0 Å². The van der Waals surface area contributed by atoms with E-state index in [0.29, 0.717) is 19.3 Å². The van der Waals surface area contributed by atoms with Crippen LogP contribution in [0.15, 0.2) is 54.6 Å². The van der Waals surface area contributed by atoms with E-state index in [1.807, 2.05) is 24.3 Å². The molecule has 0 saturated heterocycles. The summed E-state index contributed by atoms with van der Waals surface area (Å²) in [4.78, 5) is 26.4. The normalized spacial score (nSPS) is 17.0. The number of hydrogen-bond acceptors (Lipinski definition) is 3. The average molecular weight is 360 g/mol. The quantitative estimate of drug-likeness (QED) is 0.822. The third-order valence-corrected chi connectivity index (χ3v) is 5.42. The Hall–Kier alpha value is -2.72. The van der Waals surface area contributed by atoms with Crippen LogP contribution in [0.5, 0.6) is 0 Å². The fourth-order valence-electron chi connectivity index (χ4n) is 3.79. The van der Waals surface area contributed by atoms with Crippen LogP contribution in [0.1, 0.15) is 40.7 Å². The monoisotopic (exact) mass is 360 g/mol. The van der Waals surface area contributed by atoms with Crippen molar-refractivity contribution in [3.8, 4) is 0 Å². The number of rotatable bonds is 5. The molecule has 0 saturated carbocycles. The summed E-state index contributed by atoms with van der Waals surface area (Å²) in [5, 5.41) is 2.86. The van der Waals surface area contributed by atoms with Gasteiger partial charge >= 0.3 is 0 Å². The Morgan fingerprint density at radius 2 is 1.89 bits per heavy atom. The van der Waals surface area contributed by atoms with Gasteiger partial charge in [-0.05, 0) is 47.7 Å². The van der Waals surface area contributed by atoms with Crippen LogP contribution in [0.25, 0.3) is 5.57 Å². The van der Waals surface area contributed by atoms with Crippen molar-refractivity contribution < 1.29 is 9.59 Å². The van der Waals surface area contributed by atoms with Crippen molar-refractivity contribution in [2.24, 2.45) is 0 Å². The summed E-state index contributed by atoms with van der Waals surface area (Å²) in [6.07, 6.45) is 5.04. The zero-order chi connectivity index (χ0) is 18.6. The zero-order valence-electron chi connectivity index (χ0n) is 15.4. The Morgan fingerprint density at radius 1 is 1.04 bits per heavy atom. The van der Waals surface area contributed by atoms with E-state index >= 15 is 0 Å². The number of nitrogens with one attached hydrogen (secondary N) is 1. The van der Waals surface area contributed by atoms with E-state index in [1.54, 1.807) is 0 Å². The van der Waals surface area contributed by atoms with E-state index in [4.69, 9.17) is 0 Å². The minimum Gasteiger partial charge on any atom is -0.326 e. The molecule has 138 valence electrons. The van der Waals surface area contributed by atoms with Crippen molar-refractivity contribution in [2.45, 2.75) is 25.7 Å². The molecular formula is C23H24N2O2. The van der Waals surface area contributed by atoms with E-state index in [9.17, 15) is 9.59 Å². The van der Waals surface area contributed by atoms with Gasteiger partial charge in [0.05, 0.1) is 0 Å². The number of carbonyl (C=O) groups is 2. The molecular weight excluding hydrogens is 336 g/mol. The molecule has 0 aromatic heterocycles. The second-order valence-corrected chi connectivity index (χ2v) is 7.24. The molecule has 1 N–H and O–H groups in total. The predicted octanol–water partition coefficient (Wildman–Crippen LogP) is 3.93. The van der Waals surface area contributed by atoms with Crippen molar-refractivity contribution in [3.63, 3.8) is 0 Å². The number of hydrogen-bond donors (Lipinski definition) is 1. The lowest BCUT2D eigenvalue weighted by molar-refractivity contribution is -0.116. The first-order chi connectivity index (χ1) is 13.2. The van der Waals surface area contributed by atoms with Crippen LogP contribution >= 0.6 is 0 Å². The SMILES string of the molecule is O=C1CCc2cc(C(=O)CCN3CC=C(c4ccccc4)CC3)ccc2N1. The third-order valence-electron chi connectivity index (χ3n) is 5.42. The Kier molecular flexibility index (Phi) is 5.16. The van der Waals surface area contributed by atoms with Gasteiger partial charge in [-0.2, -0.15) is 0 Å². The first kappa shape index (κ1) is 17.7. The van der Waals surface area contributed by atoms with Gasteiger partial charge in [0.1, 0.15) is 0 Å². The fraction of sp³-hybridized carbons (Fsp3) is 0.304. The highest BCUT2D eigenvalue weighted by Crippen LogP contribution is 2.25. The van der Waals surface area contributed by atoms with Crippen molar-refractivity contribution in [1.82, 2.24) is 4.90 Å². The van der Waals surface area contributed by atoms with Gasteiger partial charge in [-0.3, -0.25) is 14.5 Å². The maximum Gasteiger partial charge on any atom is 0.224 e. The third kappa shape index (κ3) is 4.17. The Labute approximate surface area is 159 Å². The number of anilines is 1. The molecule has 0 bridgehead atoms. The van der Waals surface area contributed by atoms with Crippen molar-refractivity contribution in [3.05, 3.63) is 71.3 Å². The van der Waals surface area contributed by atoms with E-state index < -0.39 is 0 Å². The maximum absolute atomic E-state index is 12.6. The highest BCUT2D eigenvalue weighted by atomic mass is 16.1. The molecule has 4 rings (SSSR count). The molecule has 4 heteroatoms. The second kappa shape index (κ2) is 7.89. The van der Waals surface area contributed by atoms with Crippen LogP contribution in [0.3, 0.4) is 0 Å². The molecule has 0 radical (unpaired) electrons. The van der Waals surface area contributed by atoms with E-state index in [2.05, 4.69) is 40.6 Å². The molecule has 2 heterocycles. The topological polar surface area (TPSA) is 49.4 Å². The van der Waals surface area contributed by atoms with Crippen LogP contribution in [0, 0.1) is 0 Å². The highest BCUT2D eigenvalue weighted by molar-refractivity contribution is 5.99. The predicted molar refractivity (Wildman–Crippen MR) is 108 cm³/mol. The summed E-state index contributed by atoms with van der Waals surface area (Å²) in [5.74, 6) is 0.224. The van der Waals surface area contributed by atoms with E-state index in [0.717, 1.165) is 42.9 Å². The van der Waals surface area contributed by atoms with Crippen LogP contribution in [-0.4, -0.2) is 36.2 Å². The Balaban J connectivity index is 1.32. The summed E-state index contributed by atoms with van der Waals surface area (Å²) in [6, 6.07) is 16.1. The minimum absolute atomic E-state index is 0.0506. The summed E-state index contributed by atoms with van der Waals surface area (Å²) in [6.45, 7) is 2.67. The molecule has 2 aliphatic heterocycles. The van der Waals surface area contributed by atoms with Gasteiger partial charge in [0.2, 0.25) is 5.91 Å². The number of Topliss-reactive ketones (excluding diaryl/α,β-unsaturated/α-hetero) is 1. The largest absolute Gasteiger partial charge is 0.326 e. The molecule has 27 heavy (non-hydrogen) atoms. The smallest absolute Gasteiger partial charge is 0.224 e. The molecule has 2 aromatic rings. The highest BCUT2D eigenvalue weighted by Gasteiger charge is 2.18. The summed E-state index contributed by atoms with van der Waals surface area (Å²) >= 11 is 0. The summed E-state index contributed by atoms with van der Waals surface area (Å²) < 4.78 is 0. The number of carbonyl (C=O) groups excluding carboxylic acids is 2. The molecule has 1 amide bonds. The van der Waals surface area contributed by atoms with Gasteiger partial charge in [-0.1, -0.05) is 36.4 Å². The van der Waals surface area contributed by atoms with Crippen LogP contribution in [0.2, 0.25) is 0 Å². The average Bonchev–Trinajstić information content (AvgIpc) is 2.72. The Morgan fingerprint density at radius 3 is 2.67 bits per heavy atom. The van der Waals surface area contributed by atoms with Crippen LogP contribution < -0.4 is 5.32 Å². The summed E-state index contributed by atoms with van der Waals surface area (Å²) in [5.41, 5.74) is 5.36. The zero-order valence-corrected chi connectivity index (χ0v) is 15.4. The lowest BCUT2D eigenvalue weighted by Gasteiger charge is -2.26. The number of amides is 1. The molecule has 0 fully saturated rings. The first-order valence-electron chi connectivity index (χ1n) is 9.62. The minimum atomic E-state index is 0.0506. The van der Waals surface area contributed by atoms with E-state index in [1.165, 1.54) is 11.1 Å². The van der Waals surface area contributed by atoms with E-state index in [-0.39, 0.29) is 11.7 Å². The van der Waals surface area contributed by atoms with Gasteiger partial charge in [-0.15, -0.1) is 0 Å². The number of aryl methyl sites for hydroxylation is 1. The lowest BCUT2D eigenvalue weighted by atomic mass is 9.97. The van der Waals surface area contributed by atoms with Crippen molar-refractivity contribution in [2.75, 3.05) is 25.0 Å². The molecule has 2 aliphatic rings. The fourth-order valence-corrected chi connectivity index (χ4v) is 3.79. The van der Waals surface area contributed by atoms with Crippen molar-refractivity contribution in [1.29, 1.82) is 0 Å². The summed E-state index contributed by atoms with van der Waals surface area (Å²) in [7, 11) is 0. The number of benzene rings is 2. The first-order valence-corrected chi connectivity index (χ1v) is 9.62. The molecule has 2 aromatic carbocycles. The standard InChI is InChI=1S/C23H24N2O2/c26-22(20-6-8-21-19(16-20)7-9-23(27)24-21)12-15-25-13-10-18(11-14-25)17-4-2-1-3-5-17/h1-6,8,10,16H,7,9,11-15H2,(H,24,27). The van der Waals surface area contributed by atoms with Crippen LogP contribution in [0.4, 0.5) is 5.69 Å². The Bertz CT molecular complexity index is 887. The van der Waals surface area contributed by atoms with Crippen LogP contribution in [-0.2, 0) is 11.2 Å². The van der Waals surface area contributed by atoms with Gasteiger partial charge in [0, 0.05) is 43.7 Å². The number of ketones is 1. The van der Waals surface area contributed by atoms with Gasteiger partial charge in [0.25, 0.3) is 0 Å². The van der Waals surface area contributed by atoms with Gasteiger partial charge in [-0.25, -0.2) is 0 Å². The second-order valence-electron chi connectivity index (χ2n) is 7.24. The van der Waals surface area contributed by atoms with Gasteiger partial charge in [0.15, 0.2) is 5.78 Å². The molecule has 4 nitrogen and oxygen atoms in total. The van der Waals surface area contributed by atoms with Gasteiger partial charge < -0.3 is 5.32 Å². The number of fused-ring (bicyclic) bond motifs is 1. The maximum atomic E-state index is 12.6. The molecule has 0 atom stereocenters.